The average molecular weight is 388 g/mol. The number of likely N-dealkylation sites (tertiary alicyclic amines) is 1. The van der Waals surface area contributed by atoms with Gasteiger partial charge in [-0.25, -0.2) is 9.97 Å². The Morgan fingerprint density at radius 1 is 1.14 bits per heavy atom. The molecule has 148 valence electrons. The zero-order valence-electron chi connectivity index (χ0n) is 16.6. The summed E-state index contributed by atoms with van der Waals surface area (Å²) in [6.07, 6.45) is 7.34. The summed E-state index contributed by atoms with van der Waals surface area (Å²) < 4.78 is 0. The fourth-order valence-electron chi connectivity index (χ4n) is 4.59. The Morgan fingerprint density at radius 3 is 2.86 bits per heavy atom. The van der Waals surface area contributed by atoms with Gasteiger partial charge in [0.1, 0.15) is 17.8 Å². The van der Waals surface area contributed by atoms with Crippen LogP contribution in [-0.4, -0.2) is 56.4 Å². The van der Waals surface area contributed by atoms with Crippen LogP contribution in [0.4, 0.5) is 5.82 Å². The van der Waals surface area contributed by atoms with Gasteiger partial charge in [-0.05, 0) is 44.0 Å². The molecule has 1 saturated heterocycles. The van der Waals surface area contributed by atoms with E-state index in [0.29, 0.717) is 0 Å². The topological polar surface area (TPSA) is 80.9 Å². The average Bonchev–Trinajstić information content (AvgIpc) is 3.46. The van der Waals surface area contributed by atoms with Crippen molar-refractivity contribution in [1.82, 2.24) is 24.8 Å². The second-order valence-corrected chi connectivity index (χ2v) is 7.85. The van der Waals surface area contributed by atoms with Gasteiger partial charge in [-0.3, -0.25) is 4.79 Å². The Hall–Kier alpha value is -3.35. The fourth-order valence-corrected chi connectivity index (χ4v) is 4.59. The molecule has 0 aliphatic carbocycles. The number of hydrogen-bond acceptors (Lipinski definition) is 4. The highest BCUT2D eigenvalue weighted by Gasteiger charge is 2.36. The molecule has 0 saturated carbocycles. The van der Waals surface area contributed by atoms with Crippen LogP contribution in [0.2, 0.25) is 0 Å². The maximum Gasteiger partial charge on any atom is 0.255 e. The van der Waals surface area contributed by atoms with Crippen LogP contribution in [0.25, 0.3) is 21.9 Å². The van der Waals surface area contributed by atoms with Crippen LogP contribution in [0.15, 0.2) is 49.1 Å². The molecular weight excluding hydrogens is 364 g/mol. The lowest BCUT2D eigenvalue weighted by molar-refractivity contribution is 0.0687. The molecule has 5 rings (SSSR count). The van der Waals surface area contributed by atoms with Gasteiger partial charge in [0.25, 0.3) is 5.91 Å². The Bertz CT molecular complexity index is 1180. The van der Waals surface area contributed by atoms with Crippen molar-refractivity contribution >= 4 is 33.7 Å². The summed E-state index contributed by atoms with van der Waals surface area (Å²) in [4.78, 5) is 32.8. The van der Waals surface area contributed by atoms with Gasteiger partial charge in [0.15, 0.2) is 0 Å². The minimum Gasteiger partial charge on any atom is -0.361 e. The summed E-state index contributed by atoms with van der Waals surface area (Å²) in [5, 5.41) is 1.98. The highest BCUT2D eigenvalue weighted by atomic mass is 16.2. The summed E-state index contributed by atoms with van der Waals surface area (Å²) in [5.41, 5.74) is 2.58. The zero-order valence-corrected chi connectivity index (χ0v) is 16.6. The molecule has 1 aliphatic heterocycles. The maximum absolute atomic E-state index is 13.5. The monoisotopic (exact) mass is 388 g/mol. The van der Waals surface area contributed by atoms with Gasteiger partial charge in [-0.15, -0.1) is 0 Å². The molecule has 2 N–H and O–H groups in total. The number of rotatable bonds is 4. The lowest BCUT2D eigenvalue weighted by Crippen LogP contribution is -2.45. The molecule has 0 unspecified atom stereocenters. The molecule has 1 amide bonds. The smallest absolute Gasteiger partial charge is 0.255 e. The second kappa shape index (κ2) is 6.92. The molecule has 4 heterocycles. The predicted octanol–water partition coefficient (Wildman–Crippen LogP) is 3.57. The third kappa shape index (κ3) is 2.93. The van der Waals surface area contributed by atoms with E-state index in [9.17, 15) is 4.79 Å². The first-order valence-corrected chi connectivity index (χ1v) is 10.0. The number of aromatic amines is 2. The van der Waals surface area contributed by atoms with E-state index >= 15 is 0 Å². The SMILES string of the molecule is C[C@@H]1CC[C@H](CN(C)c2ncnc3[nH]ccc23)N1C(=O)c1cccc2[nH]ccc12. The highest BCUT2D eigenvalue weighted by Crippen LogP contribution is 2.30. The highest BCUT2D eigenvalue weighted by molar-refractivity contribution is 6.06. The molecule has 3 aromatic heterocycles. The van der Waals surface area contributed by atoms with Crippen LogP contribution in [-0.2, 0) is 0 Å². The van der Waals surface area contributed by atoms with Crippen molar-refractivity contribution in [2.75, 3.05) is 18.5 Å². The van der Waals surface area contributed by atoms with E-state index in [1.165, 1.54) is 0 Å². The van der Waals surface area contributed by atoms with Crippen molar-refractivity contribution in [1.29, 1.82) is 0 Å². The van der Waals surface area contributed by atoms with Crippen molar-refractivity contribution in [3.63, 3.8) is 0 Å². The number of likely N-dealkylation sites (N-methyl/N-ethyl adjacent to an activating group) is 1. The number of carbonyl (C=O) groups is 1. The number of hydrogen-bond donors (Lipinski definition) is 2. The van der Waals surface area contributed by atoms with Gasteiger partial charge in [0.2, 0.25) is 0 Å². The molecule has 1 fully saturated rings. The Morgan fingerprint density at radius 2 is 1.97 bits per heavy atom. The molecule has 7 nitrogen and oxygen atoms in total. The van der Waals surface area contributed by atoms with Crippen molar-refractivity contribution in [2.45, 2.75) is 31.8 Å². The van der Waals surface area contributed by atoms with Gasteiger partial charge < -0.3 is 19.8 Å². The fraction of sp³-hybridized carbons (Fsp3) is 0.318. The van der Waals surface area contributed by atoms with E-state index in [2.05, 4.69) is 36.7 Å². The summed E-state index contributed by atoms with van der Waals surface area (Å²) in [6.45, 7) is 2.88. The molecule has 1 aromatic carbocycles. The number of nitrogens with one attached hydrogen (secondary N) is 2. The Balaban J connectivity index is 1.43. The van der Waals surface area contributed by atoms with E-state index in [1.807, 2.05) is 49.8 Å². The Kier molecular flexibility index (Phi) is 4.23. The number of carbonyl (C=O) groups excluding carboxylic acids is 1. The molecule has 0 bridgehead atoms. The van der Waals surface area contributed by atoms with E-state index in [1.54, 1.807) is 6.33 Å². The first-order chi connectivity index (χ1) is 14.1. The summed E-state index contributed by atoms with van der Waals surface area (Å²) >= 11 is 0. The van der Waals surface area contributed by atoms with Gasteiger partial charge in [0, 0.05) is 54.5 Å². The van der Waals surface area contributed by atoms with Crippen molar-refractivity contribution in [3.05, 3.63) is 54.6 Å². The number of amides is 1. The summed E-state index contributed by atoms with van der Waals surface area (Å²) in [5.74, 6) is 0.990. The van der Waals surface area contributed by atoms with Crippen molar-refractivity contribution < 1.29 is 4.79 Å². The maximum atomic E-state index is 13.5. The lowest BCUT2D eigenvalue weighted by Gasteiger charge is -2.32. The van der Waals surface area contributed by atoms with Gasteiger partial charge in [-0.1, -0.05) is 6.07 Å². The number of nitrogens with zero attached hydrogens (tertiary/aromatic N) is 4. The molecule has 0 radical (unpaired) electrons. The van der Waals surface area contributed by atoms with Crippen LogP contribution >= 0.6 is 0 Å². The Labute approximate surface area is 168 Å². The molecule has 7 heteroatoms. The minimum absolute atomic E-state index is 0.105. The molecular formula is C22H24N6O. The van der Waals surface area contributed by atoms with Crippen molar-refractivity contribution in [2.24, 2.45) is 0 Å². The van der Waals surface area contributed by atoms with E-state index in [-0.39, 0.29) is 18.0 Å². The first-order valence-electron chi connectivity index (χ1n) is 10.0. The van der Waals surface area contributed by atoms with Crippen LogP contribution in [0, 0.1) is 0 Å². The van der Waals surface area contributed by atoms with Crippen LogP contribution < -0.4 is 4.90 Å². The predicted molar refractivity (Wildman–Crippen MR) is 114 cm³/mol. The lowest BCUT2D eigenvalue weighted by atomic mass is 10.1. The van der Waals surface area contributed by atoms with Crippen LogP contribution in [0.3, 0.4) is 0 Å². The standard InChI is InChI=1S/C22H24N6O/c1-14-6-7-15(12-27(2)21-18-9-11-24-20(18)25-13-26-21)28(14)22(29)17-4-3-5-19-16(17)8-10-23-19/h3-5,8-11,13-15,23H,6-7,12H2,1-2H3,(H,24,25,26)/t14-,15-/m1/s1. The minimum atomic E-state index is 0.105. The van der Waals surface area contributed by atoms with Gasteiger partial charge in [0.05, 0.1) is 5.39 Å². The number of benzene rings is 1. The van der Waals surface area contributed by atoms with Gasteiger partial charge >= 0.3 is 0 Å². The van der Waals surface area contributed by atoms with Crippen LogP contribution in [0.5, 0.6) is 0 Å². The van der Waals surface area contributed by atoms with E-state index < -0.39 is 0 Å². The molecule has 2 atom stereocenters. The van der Waals surface area contributed by atoms with E-state index in [4.69, 9.17) is 0 Å². The number of fused-ring (bicyclic) bond motifs is 2. The van der Waals surface area contributed by atoms with Crippen molar-refractivity contribution in [3.8, 4) is 0 Å². The molecule has 29 heavy (non-hydrogen) atoms. The number of H-pyrrole nitrogens is 2. The third-order valence-electron chi connectivity index (χ3n) is 6.02. The largest absolute Gasteiger partial charge is 0.361 e. The van der Waals surface area contributed by atoms with Crippen LogP contribution in [0.1, 0.15) is 30.1 Å². The summed E-state index contributed by atoms with van der Waals surface area (Å²) in [7, 11) is 2.04. The normalized spacial score (nSPS) is 19.3. The third-order valence-corrected chi connectivity index (χ3v) is 6.02. The zero-order chi connectivity index (χ0) is 20.0. The number of anilines is 1. The van der Waals surface area contributed by atoms with E-state index in [0.717, 1.165) is 52.7 Å². The van der Waals surface area contributed by atoms with Gasteiger partial charge in [-0.2, -0.15) is 0 Å². The first kappa shape index (κ1) is 17.7. The summed E-state index contributed by atoms with van der Waals surface area (Å²) in [6, 6.07) is 10.2. The molecule has 0 spiro atoms. The molecule has 1 aliphatic rings. The second-order valence-electron chi connectivity index (χ2n) is 7.85. The quantitative estimate of drug-likeness (QED) is 0.560. The number of aromatic nitrogens is 4. The molecule has 4 aromatic rings.